The van der Waals surface area contributed by atoms with Gasteiger partial charge in [0.1, 0.15) is 10.8 Å². The number of phenolic OH excluding ortho intramolecular Hbond substituents is 1. The molecule has 0 radical (unpaired) electrons. The maximum Gasteiger partial charge on any atom is 0.162 e. The number of ketones is 1. The molecule has 3 nitrogen and oxygen atoms in total. The van der Waals surface area contributed by atoms with E-state index in [9.17, 15) is 9.90 Å². The molecule has 0 aliphatic rings. The lowest BCUT2D eigenvalue weighted by atomic mass is 10.1. The summed E-state index contributed by atoms with van der Waals surface area (Å²) in [5, 5.41) is 10.8. The molecule has 2 aromatic carbocycles. The van der Waals surface area contributed by atoms with Crippen molar-refractivity contribution in [3.8, 4) is 16.3 Å². The number of thiazole rings is 1. The van der Waals surface area contributed by atoms with Crippen molar-refractivity contribution in [1.82, 2.24) is 4.98 Å². The zero-order chi connectivity index (χ0) is 14.1. The number of nitrogens with zero attached hydrogens (tertiary/aromatic N) is 1. The van der Waals surface area contributed by atoms with Gasteiger partial charge in [0.05, 0.1) is 15.8 Å². The minimum Gasteiger partial charge on any atom is -0.507 e. The number of phenols is 1. The Labute approximate surface area is 120 Å². The van der Waals surface area contributed by atoms with Gasteiger partial charge in [0.15, 0.2) is 5.78 Å². The number of aromatic nitrogens is 1. The topological polar surface area (TPSA) is 50.2 Å². The van der Waals surface area contributed by atoms with Crippen LogP contribution >= 0.6 is 11.3 Å². The van der Waals surface area contributed by atoms with Crippen LogP contribution in [0.5, 0.6) is 5.75 Å². The van der Waals surface area contributed by atoms with Crippen LogP contribution in [-0.2, 0) is 0 Å². The molecule has 1 aromatic heterocycles. The quantitative estimate of drug-likeness (QED) is 0.731. The molecular weight excluding hydrogens is 270 g/mol. The van der Waals surface area contributed by atoms with Crippen molar-refractivity contribution in [3.63, 3.8) is 0 Å². The highest BCUT2D eigenvalue weighted by Crippen LogP contribution is 2.35. The highest BCUT2D eigenvalue weighted by atomic mass is 32.1. The SMILES string of the molecule is CCC(=O)c1ccc(O)c(-c2nc3ccccc3s2)c1. The van der Waals surface area contributed by atoms with E-state index in [0.29, 0.717) is 17.5 Å². The van der Waals surface area contributed by atoms with Gasteiger partial charge < -0.3 is 5.11 Å². The van der Waals surface area contributed by atoms with Gasteiger partial charge in [-0.1, -0.05) is 19.1 Å². The molecule has 0 saturated carbocycles. The van der Waals surface area contributed by atoms with Crippen LogP contribution in [0.15, 0.2) is 42.5 Å². The molecule has 0 atom stereocenters. The van der Waals surface area contributed by atoms with Gasteiger partial charge >= 0.3 is 0 Å². The molecule has 3 rings (SSSR count). The molecule has 0 saturated heterocycles. The van der Waals surface area contributed by atoms with Crippen molar-refractivity contribution in [2.24, 2.45) is 0 Å². The molecule has 0 amide bonds. The van der Waals surface area contributed by atoms with Crippen LogP contribution in [0, 0.1) is 0 Å². The van der Waals surface area contributed by atoms with Gasteiger partial charge in [0.25, 0.3) is 0 Å². The summed E-state index contributed by atoms with van der Waals surface area (Å²) < 4.78 is 1.06. The lowest BCUT2D eigenvalue weighted by Gasteiger charge is -2.04. The fraction of sp³-hybridized carbons (Fsp3) is 0.125. The predicted molar refractivity (Wildman–Crippen MR) is 81.3 cm³/mol. The number of hydrogen-bond acceptors (Lipinski definition) is 4. The van der Waals surface area contributed by atoms with E-state index in [1.807, 2.05) is 31.2 Å². The maximum atomic E-state index is 11.8. The van der Waals surface area contributed by atoms with E-state index in [1.165, 1.54) is 11.3 Å². The van der Waals surface area contributed by atoms with E-state index >= 15 is 0 Å². The largest absolute Gasteiger partial charge is 0.507 e. The van der Waals surface area contributed by atoms with E-state index in [1.54, 1.807) is 18.2 Å². The monoisotopic (exact) mass is 283 g/mol. The summed E-state index contributed by atoms with van der Waals surface area (Å²) in [5.41, 5.74) is 2.13. The fourth-order valence-electron chi connectivity index (χ4n) is 2.07. The van der Waals surface area contributed by atoms with Gasteiger partial charge in [0, 0.05) is 12.0 Å². The van der Waals surface area contributed by atoms with Crippen LogP contribution in [0.25, 0.3) is 20.8 Å². The first-order valence-electron chi connectivity index (χ1n) is 6.41. The van der Waals surface area contributed by atoms with Gasteiger partial charge in [-0.25, -0.2) is 4.98 Å². The van der Waals surface area contributed by atoms with E-state index in [2.05, 4.69) is 4.98 Å². The Morgan fingerprint density at radius 3 is 2.80 bits per heavy atom. The minimum atomic E-state index is 0.0624. The second-order valence-electron chi connectivity index (χ2n) is 4.50. The fourth-order valence-corrected chi connectivity index (χ4v) is 3.06. The van der Waals surface area contributed by atoms with Crippen LogP contribution in [0.4, 0.5) is 0 Å². The van der Waals surface area contributed by atoms with Gasteiger partial charge in [0.2, 0.25) is 0 Å². The molecule has 20 heavy (non-hydrogen) atoms. The van der Waals surface area contributed by atoms with Crippen molar-refractivity contribution in [3.05, 3.63) is 48.0 Å². The lowest BCUT2D eigenvalue weighted by molar-refractivity contribution is 0.0988. The number of fused-ring (bicyclic) bond motifs is 1. The Hall–Kier alpha value is -2.20. The number of Topliss-reactive ketones (excluding diaryl/α,β-unsaturated/α-hetero) is 1. The Bertz CT molecular complexity index is 759. The van der Waals surface area contributed by atoms with Crippen LogP contribution < -0.4 is 0 Å². The van der Waals surface area contributed by atoms with E-state index in [-0.39, 0.29) is 11.5 Å². The van der Waals surface area contributed by atoms with Gasteiger partial charge in [-0.05, 0) is 30.3 Å². The molecule has 0 aliphatic heterocycles. The summed E-state index contributed by atoms with van der Waals surface area (Å²) in [6.07, 6.45) is 0.448. The summed E-state index contributed by atoms with van der Waals surface area (Å²) in [4.78, 5) is 16.3. The first kappa shape index (κ1) is 12.8. The van der Waals surface area contributed by atoms with Gasteiger partial charge in [-0.3, -0.25) is 4.79 Å². The molecule has 0 aliphatic carbocycles. The number of para-hydroxylation sites is 1. The number of rotatable bonds is 3. The third-order valence-corrected chi connectivity index (χ3v) is 4.23. The van der Waals surface area contributed by atoms with Crippen LogP contribution in [0.2, 0.25) is 0 Å². The molecule has 4 heteroatoms. The lowest BCUT2D eigenvalue weighted by Crippen LogP contribution is -1.96. The van der Waals surface area contributed by atoms with Crippen LogP contribution in [0.1, 0.15) is 23.7 Å². The minimum absolute atomic E-state index is 0.0624. The van der Waals surface area contributed by atoms with Crippen LogP contribution in [0.3, 0.4) is 0 Å². The van der Waals surface area contributed by atoms with Crippen molar-refractivity contribution in [2.75, 3.05) is 0 Å². The number of carbonyl (C=O) groups excluding carboxylic acids is 1. The highest BCUT2D eigenvalue weighted by Gasteiger charge is 2.13. The third-order valence-electron chi connectivity index (χ3n) is 3.16. The number of hydrogen-bond donors (Lipinski definition) is 1. The normalized spacial score (nSPS) is 10.8. The molecule has 100 valence electrons. The smallest absolute Gasteiger partial charge is 0.162 e. The van der Waals surface area contributed by atoms with Crippen molar-refractivity contribution in [2.45, 2.75) is 13.3 Å². The zero-order valence-corrected chi connectivity index (χ0v) is 11.8. The molecule has 0 spiro atoms. The molecule has 0 fully saturated rings. The van der Waals surface area contributed by atoms with Crippen molar-refractivity contribution in [1.29, 1.82) is 0 Å². The Morgan fingerprint density at radius 2 is 2.05 bits per heavy atom. The Morgan fingerprint density at radius 1 is 1.25 bits per heavy atom. The molecule has 1 N–H and O–H groups in total. The Kier molecular flexibility index (Phi) is 3.24. The van der Waals surface area contributed by atoms with Crippen molar-refractivity contribution >= 4 is 27.3 Å². The van der Waals surface area contributed by atoms with Crippen molar-refractivity contribution < 1.29 is 9.90 Å². The summed E-state index contributed by atoms with van der Waals surface area (Å²) in [6.45, 7) is 1.83. The van der Waals surface area contributed by atoms with Crippen LogP contribution in [-0.4, -0.2) is 15.9 Å². The average molecular weight is 283 g/mol. The summed E-state index contributed by atoms with van der Waals surface area (Å²) in [5.74, 6) is 0.212. The molecule has 1 heterocycles. The third kappa shape index (κ3) is 2.18. The van der Waals surface area contributed by atoms with Gasteiger partial charge in [-0.2, -0.15) is 0 Å². The van der Waals surface area contributed by atoms with E-state index < -0.39 is 0 Å². The highest BCUT2D eigenvalue weighted by molar-refractivity contribution is 7.21. The first-order valence-corrected chi connectivity index (χ1v) is 7.23. The second-order valence-corrected chi connectivity index (χ2v) is 5.53. The second kappa shape index (κ2) is 5.06. The predicted octanol–water partition coefficient (Wildman–Crippen LogP) is 4.26. The maximum absolute atomic E-state index is 11.8. The summed E-state index contributed by atoms with van der Waals surface area (Å²) in [7, 11) is 0. The first-order chi connectivity index (χ1) is 9.69. The summed E-state index contributed by atoms with van der Waals surface area (Å²) >= 11 is 1.51. The average Bonchev–Trinajstić information content (AvgIpc) is 2.90. The van der Waals surface area contributed by atoms with Gasteiger partial charge in [-0.15, -0.1) is 11.3 Å². The molecule has 0 unspecified atom stereocenters. The summed E-state index contributed by atoms with van der Waals surface area (Å²) in [6, 6.07) is 12.8. The number of aromatic hydroxyl groups is 1. The number of carbonyl (C=O) groups is 1. The zero-order valence-electron chi connectivity index (χ0n) is 11.0. The van der Waals surface area contributed by atoms with E-state index in [4.69, 9.17) is 0 Å². The van der Waals surface area contributed by atoms with E-state index in [0.717, 1.165) is 15.2 Å². The Balaban J connectivity index is 2.15. The molecule has 3 aromatic rings. The molecular formula is C16H13NO2S. The molecule has 0 bridgehead atoms. The number of benzene rings is 2. The standard InChI is InChI=1S/C16H13NO2S/c1-2-13(18)10-7-8-14(19)11(9-10)16-17-12-5-3-4-6-15(12)20-16/h3-9,19H,2H2,1H3.